The number of hydrogen-bond donors (Lipinski definition) is 3. The Hall–Kier alpha value is -3.55. The maximum absolute atomic E-state index is 13.8. The van der Waals surface area contributed by atoms with Gasteiger partial charge in [0.05, 0.1) is 0 Å². The molecule has 8 nitrogen and oxygen atoms in total. The fraction of sp³-hybridized carbons (Fsp3) is 0.464. The Bertz CT molecular complexity index is 1110. The van der Waals surface area contributed by atoms with E-state index in [9.17, 15) is 19.5 Å². The van der Waals surface area contributed by atoms with Gasteiger partial charge in [-0.25, -0.2) is 4.79 Å². The highest BCUT2D eigenvalue weighted by atomic mass is 16.6. The normalized spacial score (nSPS) is 13.4. The fourth-order valence-corrected chi connectivity index (χ4v) is 3.78. The second kappa shape index (κ2) is 11.0. The van der Waals surface area contributed by atoms with Gasteiger partial charge in [0.2, 0.25) is 5.91 Å². The van der Waals surface area contributed by atoms with E-state index in [1.807, 2.05) is 45.9 Å². The van der Waals surface area contributed by atoms with E-state index in [0.717, 1.165) is 5.56 Å². The summed E-state index contributed by atoms with van der Waals surface area (Å²) >= 11 is 0. The van der Waals surface area contributed by atoms with Gasteiger partial charge in [0, 0.05) is 11.2 Å². The number of anilines is 1. The lowest BCUT2D eigenvalue weighted by atomic mass is 9.94. The summed E-state index contributed by atoms with van der Waals surface area (Å²) in [5.41, 5.74) is 1.08. The van der Waals surface area contributed by atoms with Gasteiger partial charge in [-0.05, 0) is 97.2 Å². The van der Waals surface area contributed by atoms with Crippen LogP contribution >= 0.6 is 0 Å². The second-order valence-electron chi connectivity index (χ2n) is 11.0. The van der Waals surface area contributed by atoms with E-state index in [1.54, 1.807) is 52.8 Å². The molecule has 3 N–H and O–H groups in total. The number of ether oxygens (including phenoxy) is 1. The van der Waals surface area contributed by atoms with Gasteiger partial charge >= 0.3 is 6.09 Å². The number of carbonyl (C=O) groups is 3. The Labute approximate surface area is 214 Å². The highest BCUT2D eigenvalue weighted by Gasteiger charge is 2.41. The van der Waals surface area contributed by atoms with Crippen molar-refractivity contribution >= 4 is 23.6 Å². The van der Waals surface area contributed by atoms with E-state index in [-0.39, 0.29) is 5.75 Å². The van der Waals surface area contributed by atoms with Crippen LogP contribution in [0.15, 0.2) is 42.5 Å². The number of hydrogen-bond acceptors (Lipinski definition) is 5. The van der Waals surface area contributed by atoms with Gasteiger partial charge in [0.15, 0.2) is 0 Å². The SMILES string of the molecule is Cc1cc(C(C(=O)Nc2ccccc2C)N(C(=O)C(C)NC(=O)OC(C)(C)C)C(C)(C)C)ccc1O. The molecule has 2 rings (SSSR count). The molecule has 2 aromatic rings. The Kier molecular flexibility index (Phi) is 8.78. The maximum Gasteiger partial charge on any atom is 0.408 e. The molecule has 0 heterocycles. The minimum Gasteiger partial charge on any atom is -0.508 e. The molecule has 0 spiro atoms. The molecule has 2 unspecified atom stereocenters. The number of nitrogens with one attached hydrogen (secondary N) is 2. The molecule has 0 saturated heterocycles. The van der Waals surface area contributed by atoms with E-state index in [2.05, 4.69) is 10.6 Å². The molecule has 2 atom stereocenters. The summed E-state index contributed by atoms with van der Waals surface area (Å²) in [6.45, 7) is 15.9. The van der Waals surface area contributed by atoms with Crippen LogP contribution in [0, 0.1) is 13.8 Å². The molecule has 3 amide bonds. The molecule has 0 saturated carbocycles. The minimum absolute atomic E-state index is 0.0883. The topological polar surface area (TPSA) is 108 Å². The summed E-state index contributed by atoms with van der Waals surface area (Å²) in [7, 11) is 0. The summed E-state index contributed by atoms with van der Waals surface area (Å²) < 4.78 is 5.31. The Morgan fingerprint density at radius 2 is 1.56 bits per heavy atom. The second-order valence-corrected chi connectivity index (χ2v) is 11.0. The number of amides is 3. The largest absolute Gasteiger partial charge is 0.508 e. The first-order valence-corrected chi connectivity index (χ1v) is 12.0. The number of aryl methyl sites for hydroxylation is 2. The zero-order valence-corrected chi connectivity index (χ0v) is 22.7. The van der Waals surface area contributed by atoms with Crippen molar-refractivity contribution in [3.8, 4) is 5.75 Å². The molecular formula is C28H39N3O5. The van der Waals surface area contributed by atoms with Gasteiger partial charge in [-0.1, -0.05) is 24.3 Å². The van der Waals surface area contributed by atoms with Crippen LogP contribution < -0.4 is 10.6 Å². The molecule has 0 fully saturated rings. The number of carbonyl (C=O) groups excluding carboxylic acids is 3. The number of para-hydroxylation sites is 1. The number of nitrogens with zero attached hydrogens (tertiary/aromatic N) is 1. The van der Waals surface area contributed by atoms with Crippen molar-refractivity contribution in [3.05, 3.63) is 59.2 Å². The van der Waals surface area contributed by atoms with Gasteiger partial charge in [-0.3, -0.25) is 9.59 Å². The first-order valence-electron chi connectivity index (χ1n) is 12.0. The monoisotopic (exact) mass is 497 g/mol. The van der Waals surface area contributed by atoms with Crippen LogP contribution in [0.2, 0.25) is 0 Å². The van der Waals surface area contributed by atoms with E-state index >= 15 is 0 Å². The average molecular weight is 498 g/mol. The minimum atomic E-state index is -1.04. The van der Waals surface area contributed by atoms with E-state index < -0.39 is 41.1 Å². The number of benzene rings is 2. The standard InChI is InChI=1S/C28H39N3O5/c1-17-12-10-11-13-21(17)30-24(33)23(20-14-15-22(32)18(2)16-20)31(27(4,5)6)25(34)19(3)29-26(35)36-28(7,8)9/h10-16,19,23,32H,1-9H3,(H,29,35)(H,30,33). The lowest BCUT2D eigenvalue weighted by Gasteiger charge is -2.42. The Balaban J connectivity index is 2.53. The summed E-state index contributed by atoms with van der Waals surface area (Å²) in [5, 5.41) is 15.6. The smallest absolute Gasteiger partial charge is 0.408 e. The first-order chi connectivity index (χ1) is 16.5. The number of aromatic hydroxyl groups is 1. The van der Waals surface area contributed by atoms with Crippen molar-refractivity contribution in [2.45, 2.75) is 85.5 Å². The molecule has 0 aliphatic carbocycles. The van der Waals surface area contributed by atoms with Crippen molar-refractivity contribution in [2.75, 3.05) is 5.32 Å². The van der Waals surface area contributed by atoms with E-state index in [0.29, 0.717) is 16.8 Å². The third kappa shape index (κ3) is 7.47. The summed E-state index contributed by atoms with van der Waals surface area (Å²) in [6, 6.07) is 10.2. The molecule has 0 aliphatic rings. The van der Waals surface area contributed by atoms with Crippen molar-refractivity contribution < 1.29 is 24.2 Å². The highest BCUT2D eigenvalue weighted by molar-refractivity contribution is 5.99. The quantitative estimate of drug-likeness (QED) is 0.507. The lowest BCUT2D eigenvalue weighted by molar-refractivity contribution is -0.146. The zero-order valence-electron chi connectivity index (χ0n) is 22.7. The number of phenols is 1. The summed E-state index contributed by atoms with van der Waals surface area (Å²) in [5.74, 6) is -0.781. The molecule has 0 aromatic heterocycles. The molecule has 36 heavy (non-hydrogen) atoms. The average Bonchev–Trinajstić information content (AvgIpc) is 2.72. The lowest BCUT2D eigenvalue weighted by Crippen LogP contribution is -2.57. The van der Waals surface area contributed by atoms with Crippen LogP contribution in [-0.4, -0.2) is 45.1 Å². The van der Waals surface area contributed by atoms with Crippen LogP contribution in [0.5, 0.6) is 5.75 Å². The van der Waals surface area contributed by atoms with Gasteiger partial charge in [-0.2, -0.15) is 0 Å². The number of alkyl carbamates (subject to hydrolysis) is 1. The van der Waals surface area contributed by atoms with Crippen LogP contribution in [0.3, 0.4) is 0 Å². The van der Waals surface area contributed by atoms with E-state index in [4.69, 9.17) is 4.74 Å². The van der Waals surface area contributed by atoms with Gasteiger partial charge in [-0.15, -0.1) is 0 Å². The third-order valence-electron chi connectivity index (χ3n) is 5.51. The Morgan fingerprint density at radius 3 is 2.08 bits per heavy atom. The predicted octanol–water partition coefficient (Wildman–Crippen LogP) is 5.23. The van der Waals surface area contributed by atoms with Crippen LogP contribution in [0.1, 0.15) is 71.2 Å². The van der Waals surface area contributed by atoms with E-state index in [1.165, 1.54) is 11.0 Å². The van der Waals surface area contributed by atoms with Crippen molar-refractivity contribution in [1.29, 1.82) is 0 Å². The highest BCUT2D eigenvalue weighted by Crippen LogP contribution is 2.33. The van der Waals surface area contributed by atoms with Gasteiger partial charge in [0.1, 0.15) is 23.4 Å². The molecule has 0 radical (unpaired) electrons. The van der Waals surface area contributed by atoms with Crippen LogP contribution in [0.4, 0.5) is 10.5 Å². The molecule has 2 aromatic carbocycles. The molecule has 0 aliphatic heterocycles. The first kappa shape index (κ1) is 28.7. The summed E-state index contributed by atoms with van der Waals surface area (Å²) in [6.07, 6.45) is -0.724. The zero-order chi connectivity index (χ0) is 27.4. The van der Waals surface area contributed by atoms with Crippen LogP contribution in [-0.2, 0) is 14.3 Å². The van der Waals surface area contributed by atoms with Gasteiger partial charge < -0.3 is 25.4 Å². The van der Waals surface area contributed by atoms with Crippen molar-refractivity contribution in [2.24, 2.45) is 0 Å². The van der Waals surface area contributed by atoms with Crippen molar-refractivity contribution in [3.63, 3.8) is 0 Å². The molecular weight excluding hydrogens is 458 g/mol. The number of phenolic OH excluding ortho intramolecular Hbond substituents is 1. The van der Waals surface area contributed by atoms with Gasteiger partial charge in [0.25, 0.3) is 5.91 Å². The Morgan fingerprint density at radius 1 is 0.944 bits per heavy atom. The van der Waals surface area contributed by atoms with Crippen molar-refractivity contribution in [1.82, 2.24) is 10.2 Å². The predicted molar refractivity (Wildman–Crippen MR) is 141 cm³/mol. The third-order valence-corrected chi connectivity index (χ3v) is 5.51. The fourth-order valence-electron chi connectivity index (χ4n) is 3.78. The molecule has 0 bridgehead atoms. The van der Waals surface area contributed by atoms with Crippen LogP contribution in [0.25, 0.3) is 0 Å². The molecule has 196 valence electrons. The maximum atomic E-state index is 13.8. The summed E-state index contributed by atoms with van der Waals surface area (Å²) in [4.78, 5) is 41.5. The molecule has 8 heteroatoms. The number of rotatable bonds is 6.